The number of Topliss-reactive ketones (excluding diaryl/α,β-unsaturated/α-hetero) is 1. The van der Waals surface area contributed by atoms with Crippen molar-refractivity contribution in [3.05, 3.63) is 94.9 Å². The first-order valence-corrected chi connectivity index (χ1v) is 12.3. The monoisotopic (exact) mass is 530 g/mol. The van der Waals surface area contributed by atoms with E-state index in [1.807, 2.05) is 24.4 Å². The predicted molar refractivity (Wildman–Crippen MR) is 144 cm³/mol. The lowest BCUT2D eigenvalue weighted by atomic mass is 9.94. The fraction of sp³-hybridized carbons (Fsp3) is 0.200. The number of aromatic nitrogens is 1. The zero-order valence-electron chi connectivity index (χ0n) is 21.7. The van der Waals surface area contributed by atoms with E-state index in [-0.39, 0.29) is 23.4 Å². The van der Waals surface area contributed by atoms with E-state index in [1.165, 1.54) is 43.4 Å². The van der Waals surface area contributed by atoms with Gasteiger partial charge in [-0.05, 0) is 72.1 Å². The highest BCUT2D eigenvalue weighted by molar-refractivity contribution is 6.46. The van der Waals surface area contributed by atoms with Crippen LogP contribution in [0.4, 0.5) is 4.39 Å². The van der Waals surface area contributed by atoms with Crippen molar-refractivity contribution in [2.45, 2.75) is 12.5 Å². The lowest BCUT2D eigenvalue weighted by Crippen LogP contribution is -2.31. The number of aliphatic hydroxyl groups is 1. The Morgan fingerprint density at radius 2 is 1.69 bits per heavy atom. The third-order valence-corrected chi connectivity index (χ3v) is 6.98. The maximum atomic E-state index is 13.6. The van der Waals surface area contributed by atoms with Gasteiger partial charge in [0.1, 0.15) is 17.3 Å². The van der Waals surface area contributed by atoms with Crippen molar-refractivity contribution in [3.63, 3.8) is 0 Å². The van der Waals surface area contributed by atoms with E-state index in [4.69, 9.17) is 14.2 Å². The highest BCUT2D eigenvalue weighted by atomic mass is 19.1. The number of halogens is 1. The molecule has 0 aliphatic carbocycles. The number of likely N-dealkylation sites (tertiary alicyclic amines) is 1. The molecule has 1 aromatic heterocycles. The summed E-state index contributed by atoms with van der Waals surface area (Å²) in [7, 11) is 4.59. The summed E-state index contributed by atoms with van der Waals surface area (Å²) in [6, 6.07) is 14.9. The van der Waals surface area contributed by atoms with E-state index in [0.717, 1.165) is 16.5 Å². The van der Waals surface area contributed by atoms with Crippen LogP contribution in [0.5, 0.6) is 17.2 Å². The summed E-state index contributed by atoms with van der Waals surface area (Å²) in [5.74, 6) is -0.844. The Labute approximate surface area is 224 Å². The van der Waals surface area contributed by atoms with E-state index in [0.29, 0.717) is 29.2 Å². The van der Waals surface area contributed by atoms with E-state index < -0.39 is 23.5 Å². The molecule has 0 spiro atoms. The number of methoxy groups -OCH3 is 3. The summed E-state index contributed by atoms with van der Waals surface area (Å²) in [6.07, 6.45) is 2.30. The number of fused-ring (bicyclic) bond motifs is 1. The highest BCUT2D eigenvalue weighted by Gasteiger charge is 2.46. The van der Waals surface area contributed by atoms with Gasteiger partial charge in [0, 0.05) is 29.2 Å². The number of benzene rings is 3. The normalized spacial score (nSPS) is 16.6. The van der Waals surface area contributed by atoms with Crippen LogP contribution in [0, 0.1) is 5.82 Å². The zero-order valence-corrected chi connectivity index (χ0v) is 21.7. The second kappa shape index (κ2) is 10.5. The number of nitrogens with zero attached hydrogens (tertiary/aromatic N) is 1. The molecule has 8 nitrogen and oxygen atoms in total. The van der Waals surface area contributed by atoms with Crippen LogP contribution < -0.4 is 14.2 Å². The van der Waals surface area contributed by atoms with Crippen molar-refractivity contribution in [1.82, 2.24) is 9.88 Å². The number of hydrogen-bond acceptors (Lipinski definition) is 6. The minimum atomic E-state index is -0.908. The molecule has 4 aromatic rings. The average molecular weight is 531 g/mol. The van der Waals surface area contributed by atoms with Crippen LogP contribution in [0.3, 0.4) is 0 Å². The fourth-order valence-electron chi connectivity index (χ4n) is 4.98. The molecule has 5 rings (SSSR count). The number of rotatable bonds is 8. The number of ketones is 1. The third-order valence-electron chi connectivity index (χ3n) is 6.98. The Hall–Kier alpha value is -4.79. The van der Waals surface area contributed by atoms with E-state index in [2.05, 4.69) is 4.98 Å². The van der Waals surface area contributed by atoms with Gasteiger partial charge in [0.25, 0.3) is 11.7 Å². The van der Waals surface area contributed by atoms with Crippen molar-refractivity contribution >= 4 is 28.4 Å². The molecule has 0 bridgehead atoms. The number of hydrogen-bond donors (Lipinski definition) is 2. The molecule has 1 saturated heterocycles. The Bertz CT molecular complexity index is 1590. The van der Waals surface area contributed by atoms with Crippen molar-refractivity contribution < 1.29 is 33.3 Å². The van der Waals surface area contributed by atoms with Gasteiger partial charge in [-0.15, -0.1) is 0 Å². The largest absolute Gasteiger partial charge is 0.507 e. The van der Waals surface area contributed by atoms with Crippen molar-refractivity contribution in [2.24, 2.45) is 0 Å². The van der Waals surface area contributed by atoms with Gasteiger partial charge in [0.15, 0.2) is 11.5 Å². The van der Waals surface area contributed by atoms with Crippen LogP contribution in [0.25, 0.3) is 16.7 Å². The average Bonchev–Trinajstić information content (AvgIpc) is 3.48. The van der Waals surface area contributed by atoms with Crippen LogP contribution in [0.15, 0.2) is 72.4 Å². The minimum Gasteiger partial charge on any atom is -0.507 e. The third kappa shape index (κ3) is 4.67. The standard InChI is InChI=1S/C30H27FN2O6/c1-37-21-9-10-23-22(15-21)19(16-32-23)12-13-33-27(18-6-11-24(38-2)25(14-18)39-3)26(29(35)30(33)36)28(34)17-4-7-20(31)8-5-17/h4-11,14-16,27,32,34H,12-13H2,1-3H3/t27-/m1/s1. The molecule has 0 radical (unpaired) electrons. The second-order valence-electron chi connectivity index (χ2n) is 9.09. The molecule has 1 aliphatic rings. The second-order valence-corrected chi connectivity index (χ2v) is 9.09. The number of carbonyl (C=O) groups excluding carboxylic acids is 2. The summed E-state index contributed by atoms with van der Waals surface area (Å²) >= 11 is 0. The molecular weight excluding hydrogens is 503 g/mol. The number of ether oxygens (including phenoxy) is 3. The SMILES string of the molecule is COc1ccc2[nH]cc(CCN3C(=O)C(=O)C(=C(O)c4ccc(F)cc4)[C@H]3c3ccc(OC)c(OC)c3)c2c1. The number of H-pyrrole nitrogens is 1. The molecule has 1 fully saturated rings. The molecule has 9 heteroatoms. The van der Waals surface area contributed by atoms with Gasteiger partial charge in [-0.1, -0.05) is 6.07 Å². The van der Waals surface area contributed by atoms with Gasteiger partial charge >= 0.3 is 0 Å². The summed E-state index contributed by atoms with van der Waals surface area (Å²) in [5, 5.41) is 12.2. The molecule has 200 valence electrons. The number of nitrogens with one attached hydrogen (secondary N) is 1. The van der Waals surface area contributed by atoms with Gasteiger partial charge in [0.2, 0.25) is 0 Å². The first kappa shape index (κ1) is 25.8. The van der Waals surface area contributed by atoms with Crippen LogP contribution in [-0.2, 0) is 16.0 Å². The van der Waals surface area contributed by atoms with Crippen LogP contribution in [0.2, 0.25) is 0 Å². The van der Waals surface area contributed by atoms with Crippen LogP contribution >= 0.6 is 0 Å². The first-order valence-electron chi connectivity index (χ1n) is 12.3. The maximum Gasteiger partial charge on any atom is 0.295 e. The Morgan fingerprint density at radius 1 is 0.949 bits per heavy atom. The van der Waals surface area contributed by atoms with E-state index >= 15 is 0 Å². The van der Waals surface area contributed by atoms with Gasteiger partial charge in [0.05, 0.1) is 32.9 Å². The quantitative estimate of drug-likeness (QED) is 0.189. The summed E-state index contributed by atoms with van der Waals surface area (Å²) < 4.78 is 29.7. The molecule has 39 heavy (non-hydrogen) atoms. The lowest BCUT2D eigenvalue weighted by molar-refractivity contribution is -0.139. The topological polar surface area (TPSA) is 101 Å². The summed E-state index contributed by atoms with van der Waals surface area (Å²) in [4.78, 5) is 31.4. The fourth-order valence-corrected chi connectivity index (χ4v) is 4.98. The van der Waals surface area contributed by atoms with Gasteiger partial charge in [-0.2, -0.15) is 0 Å². The number of carbonyl (C=O) groups is 2. The molecule has 2 N–H and O–H groups in total. The summed E-state index contributed by atoms with van der Waals surface area (Å²) in [6.45, 7) is 0.188. The van der Waals surface area contributed by atoms with E-state index in [1.54, 1.807) is 25.3 Å². The molecule has 1 aliphatic heterocycles. The molecule has 0 saturated carbocycles. The number of aliphatic hydroxyl groups excluding tert-OH is 1. The van der Waals surface area contributed by atoms with Crippen LogP contribution in [0.1, 0.15) is 22.7 Å². The summed E-state index contributed by atoms with van der Waals surface area (Å²) in [5.41, 5.74) is 2.55. The number of amides is 1. The number of aromatic amines is 1. The van der Waals surface area contributed by atoms with Gasteiger partial charge < -0.3 is 29.2 Å². The van der Waals surface area contributed by atoms with Crippen molar-refractivity contribution in [1.29, 1.82) is 0 Å². The Balaban J connectivity index is 1.59. The molecule has 2 heterocycles. The van der Waals surface area contributed by atoms with Gasteiger partial charge in [-0.3, -0.25) is 9.59 Å². The first-order chi connectivity index (χ1) is 18.9. The smallest absolute Gasteiger partial charge is 0.295 e. The van der Waals surface area contributed by atoms with Crippen molar-refractivity contribution in [2.75, 3.05) is 27.9 Å². The Kier molecular flexibility index (Phi) is 6.98. The minimum absolute atomic E-state index is 0.0839. The maximum absolute atomic E-state index is 13.6. The Morgan fingerprint density at radius 3 is 2.38 bits per heavy atom. The molecule has 3 aromatic carbocycles. The zero-order chi connectivity index (χ0) is 27.7. The molecule has 0 unspecified atom stereocenters. The molecular formula is C30H27FN2O6. The van der Waals surface area contributed by atoms with Gasteiger partial charge in [-0.25, -0.2) is 4.39 Å². The molecule has 1 amide bonds. The highest BCUT2D eigenvalue weighted by Crippen LogP contribution is 2.42. The lowest BCUT2D eigenvalue weighted by Gasteiger charge is -2.26. The predicted octanol–water partition coefficient (Wildman–Crippen LogP) is 5.00. The molecule has 1 atom stereocenters. The van der Waals surface area contributed by atoms with E-state index in [9.17, 15) is 19.1 Å². The van der Waals surface area contributed by atoms with Crippen LogP contribution in [-0.4, -0.2) is 54.6 Å². The van der Waals surface area contributed by atoms with Crippen molar-refractivity contribution in [3.8, 4) is 17.2 Å².